The molecule has 0 radical (unpaired) electrons. The molecule has 0 aliphatic rings. The Hall–Kier alpha value is -9.31. The molecule has 0 unspecified atom stereocenters. The van der Waals surface area contributed by atoms with Crippen LogP contribution in [0, 0.1) is 0 Å². The topological polar surface area (TPSA) is 158 Å². The Labute approximate surface area is 527 Å². The molecule has 0 saturated heterocycles. The van der Waals surface area contributed by atoms with Crippen LogP contribution in [-0.4, -0.2) is 96.4 Å². The van der Waals surface area contributed by atoms with E-state index in [0.717, 1.165) is 31.6 Å². The molecule has 0 aliphatic heterocycles. The Kier molecular flexibility index (Phi) is 25.5. The Morgan fingerprint density at radius 1 is 0.230 bits per heavy atom. The normalized spacial score (nSPS) is 11.3. The van der Waals surface area contributed by atoms with Gasteiger partial charge in [-0.2, -0.15) is 0 Å². The standard InChI is InChI=1S/6C11H9O2.C6H3.3Sb/c6*1-2-3-9-13-11(12)10-7-5-4-6-8-10;1-2-4-6-5-3-1;;;/h6*2-3,5-9H,1H2;1,4-5H;;;. The SMILES string of the molecule is C=CC=COC(=O)c1cc[c]([Sb]([c]2ccc(C(=O)OC=CC=C)cc2)[c]2c[c]([Sb]([c]3ccc(C(=O)OC=CC=C)cc3)[c]3ccc(C(=O)OC=CC=C)cc3)c[c]([Sb]([c]3ccc(C(=O)OC=CC=C)cc3)[c]3ccc(C(=O)OC=CC=C)cc3)c2)cc1. The first-order valence-electron chi connectivity index (χ1n) is 26.5. The zero-order chi connectivity index (χ0) is 61.9. The van der Waals surface area contributed by atoms with Crippen LogP contribution < -0.4 is 31.6 Å². The predicted molar refractivity (Wildman–Crippen MR) is 348 cm³/mol. The van der Waals surface area contributed by atoms with Gasteiger partial charge in [0, 0.05) is 0 Å². The molecule has 0 aliphatic carbocycles. The third-order valence-corrected chi connectivity index (χ3v) is 32.7. The van der Waals surface area contributed by atoms with Crippen LogP contribution in [0.15, 0.2) is 314 Å². The molecular weight excluding hydrogens is 1420 g/mol. The first-order chi connectivity index (χ1) is 42.4. The Morgan fingerprint density at radius 3 is 0.494 bits per heavy atom. The first-order valence-corrected chi connectivity index (χ1v) is 38.0. The number of rotatable bonds is 27. The molecule has 0 amide bonds. The van der Waals surface area contributed by atoms with Crippen molar-refractivity contribution in [2.75, 3.05) is 0 Å². The number of carbonyl (C=O) groups excluding carboxylic acids is 6. The quantitative estimate of drug-likeness (QED) is 0.0160. The van der Waals surface area contributed by atoms with Crippen molar-refractivity contribution in [3.05, 3.63) is 347 Å². The van der Waals surface area contributed by atoms with Gasteiger partial charge in [-0.3, -0.25) is 0 Å². The number of benzene rings is 7. The van der Waals surface area contributed by atoms with E-state index in [1.165, 1.54) is 110 Å². The van der Waals surface area contributed by atoms with Crippen LogP contribution in [0.5, 0.6) is 0 Å². The van der Waals surface area contributed by atoms with E-state index in [1.54, 1.807) is 72.8 Å². The Balaban J connectivity index is 1.55. The van der Waals surface area contributed by atoms with Crippen LogP contribution in [-0.2, 0) is 28.4 Å². The summed E-state index contributed by atoms with van der Waals surface area (Å²) >= 11 is -10.2. The third kappa shape index (κ3) is 18.4. The maximum absolute atomic E-state index is 13.3. The monoisotopic (exact) mass is 1480 g/mol. The predicted octanol–water partition coefficient (Wildman–Crippen LogP) is 8.37. The van der Waals surface area contributed by atoms with Crippen LogP contribution in [0.3, 0.4) is 0 Å². The second-order valence-electron chi connectivity index (χ2n) is 17.8. The number of carbonyl (C=O) groups is 6. The number of hydrogen-bond acceptors (Lipinski definition) is 12. The van der Waals surface area contributed by atoms with Gasteiger partial charge in [-0.05, 0) is 0 Å². The maximum atomic E-state index is 13.3. The molecule has 0 aromatic heterocycles. The van der Waals surface area contributed by atoms with Crippen molar-refractivity contribution < 1.29 is 57.2 Å². The van der Waals surface area contributed by atoms with E-state index in [9.17, 15) is 28.8 Å². The van der Waals surface area contributed by atoms with E-state index in [0.29, 0.717) is 33.4 Å². The average Bonchev–Trinajstić information content (AvgIpc) is 1.27. The molecule has 7 rings (SSSR count). The van der Waals surface area contributed by atoms with Gasteiger partial charge in [-0.25, -0.2) is 0 Å². The fraction of sp³-hybridized carbons (Fsp3) is 0. The van der Waals surface area contributed by atoms with Crippen molar-refractivity contribution >= 4 is 128 Å². The molecule has 7 aromatic carbocycles. The van der Waals surface area contributed by atoms with E-state index >= 15 is 0 Å². The summed E-state index contributed by atoms with van der Waals surface area (Å²) in [5.41, 5.74) is 1.91. The van der Waals surface area contributed by atoms with Gasteiger partial charge >= 0.3 is 532 Å². The molecule has 0 fully saturated rings. The zero-order valence-electron chi connectivity index (χ0n) is 47.0. The number of allylic oxidation sites excluding steroid dienone is 12. The summed E-state index contributed by atoms with van der Waals surface area (Å²) in [6.07, 6.45) is 25.7. The van der Waals surface area contributed by atoms with Gasteiger partial charge in [0.25, 0.3) is 0 Å². The van der Waals surface area contributed by atoms with Crippen molar-refractivity contribution in [3.63, 3.8) is 0 Å². The average molecular weight is 1480 g/mol. The van der Waals surface area contributed by atoms with Gasteiger partial charge in [0.1, 0.15) is 0 Å². The van der Waals surface area contributed by atoms with E-state index in [-0.39, 0.29) is 0 Å². The number of hydrogen-bond donors (Lipinski definition) is 0. The molecule has 7 aromatic rings. The Morgan fingerprint density at radius 2 is 0.368 bits per heavy atom. The Bertz CT molecular complexity index is 3210. The van der Waals surface area contributed by atoms with Crippen molar-refractivity contribution in [2.45, 2.75) is 0 Å². The van der Waals surface area contributed by atoms with Crippen LogP contribution in [0.25, 0.3) is 0 Å². The number of esters is 6. The fourth-order valence-electron chi connectivity index (χ4n) is 8.14. The summed E-state index contributed by atoms with van der Waals surface area (Å²) in [7, 11) is 0. The van der Waals surface area contributed by atoms with Gasteiger partial charge in [-0.15, -0.1) is 0 Å². The molecule has 87 heavy (non-hydrogen) atoms. The minimum absolute atomic E-state index is 0.318. The summed E-state index contributed by atoms with van der Waals surface area (Å²) in [4.78, 5) is 79.9. The molecule has 432 valence electrons. The van der Waals surface area contributed by atoms with Gasteiger partial charge in [0.2, 0.25) is 0 Å². The summed E-state index contributed by atoms with van der Waals surface area (Å²) in [6, 6.07) is 50.9. The van der Waals surface area contributed by atoms with E-state index in [4.69, 9.17) is 28.4 Å². The molecule has 15 heteroatoms. The molecule has 0 bridgehead atoms. The molecule has 12 nitrogen and oxygen atoms in total. The van der Waals surface area contributed by atoms with Crippen molar-refractivity contribution in [2.24, 2.45) is 0 Å². The van der Waals surface area contributed by atoms with Gasteiger partial charge in [0.15, 0.2) is 0 Å². The summed E-state index contributed by atoms with van der Waals surface area (Å²) in [5.74, 6) is -3.38. The third-order valence-electron chi connectivity index (χ3n) is 12.2. The molecule has 0 spiro atoms. The molecule has 0 heterocycles. The minimum atomic E-state index is -3.41. The number of ether oxygens (including phenoxy) is 6. The molecule has 0 atom stereocenters. The van der Waals surface area contributed by atoms with Crippen molar-refractivity contribution in [3.8, 4) is 0 Å². The van der Waals surface area contributed by atoms with Crippen LogP contribution in [0.4, 0.5) is 0 Å². The van der Waals surface area contributed by atoms with E-state index < -0.39 is 96.4 Å². The van der Waals surface area contributed by atoms with Crippen molar-refractivity contribution in [1.29, 1.82) is 0 Å². The summed E-state index contributed by atoms with van der Waals surface area (Å²) in [6.45, 7) is 21.9. The molecule has 0 saturated carbocycles. The van der Waals surface area contributed by atoms with E-state index in [2.05, 4.69) is 57.7 Å². The van der Waals surface area contributed by atoms with Gasteiger partial charge < -0.3 is 0 Å². The summed E-state index contributed by atoms with van der Waals surface area (Å²) in [5, 5.41) is 0. The molecule has 0 N–H and O–H groups in total. The van der Waals surface area contributed by atoms with Crippen molar-refractivity contribution in [1.82, 2.24) is 0 Å². The zero-order valence-corrected chi connectivity index (χ0v) is 54.6. The van der Waals surface area contributed by atoms with Crippen LogP contribution in [0.2, 0.25) is 0 Å². The van der Waals surface area contributed by atoms with Crippen LogP contribution in [0.1, 0.15) is 62.1 Å². The van der Waals surface area contributed by atoms with E-state index in [1.807, 2.05) is 72.8 Å². The molecular formula is C72H57O12Sb3. The second-order valence-corrected chi connectivity index (χ2v) is 36.8. The second kappa shape index (κ2) is 34.0. The van der Waals surface area contributed by atoms with Gasteiger partial charge in [-0.1, -0.05) is 0 Å². The van der Waals surface area contributed by atoms with Crippen LogP contribution >= 0.6 is 0 Å². The summed E-state index contributed by atoms with van der Waals surface area (Å²) < 4.78 is 41.1. The first kappa shape index (κ1) is 65.2. The van der Waals surface area contributed by atoms with Gasteiger partial charge in [0.05, 0.1) is 0 Å². The fourth-order valence-corrected chi connectivity index (χ4v) is 30.8.